The molecular formula is C27H39ClN2O6. The lowest BCUT2D eigenvalue weighted by Gasteiger charge is -2.30. The molecule has 2 heterocycles. The Morgan fingerprint density at radius 3 is 2.47 bits per heavy atom. The van der Waals surface area contributed by atoms with Crippen LogP contribution in [0.25, 0.3) is 11.0 Å². The Morgan fingerprint density at radius 2 is 1.78 bits per heavy atom. The zero-order chi connectivity index (χ0) is 24.6. The fourth-order valence-electron chi connectivity index (χ4n) is 5.35. The average Bonchev–Trinajstić information content (AvgIpc) is 3.53. The highest BCUT2D eigenvalue weighted by Crippen LogP contribution is 2.36. The zero-order valence-electron chi connectivity index (χ0n) is 21.3. The first-order chi connectivity index (χ1) is 17.1. The van der Waals surface area contributed by atoms with Gasteiger partial charge in [-0.25, -0.2) is 4.79 Å². The van der Waals surface area contributed by atoms with Crippen LogP contribution in [0.15, 0.2) is 28.7 Å². The minimum Gasteiger partial charge on any atom is -0.452 e. The maximum atomic E-state index is 13.1. The minimum atomic E-state index is -0.568. The number of benzene rings is 1. The third-order valence-electron chi connectivity index (χ3n) is 7.08. The highest BCUT2D eigenvalue weighted by atomic mass is 35.5. The van der Waals surface area contributed by atoms with Gasteiger partial charge in [0.15, 0.2) is 0 Å². The number of carbonyl (C=O) groups excluding carboxylic acids is 2. The molecule has 36 heavy (non-hydrogen) atoms. The van der Waals surface area contributed by atoms with Crippen molar-refractivity contribution in [1.82, 2.24) is 5.32 Å². The second-order valence-electron chi connectivity index (χ2n) is 9.48. The van der Waals surface area contributed by atoms with Gasteiger partial charge in [0.05, 0.1) is 19.3 Å². The molecule has 4 rings (SSSR count). The van der Waals surface area contributed by atoms with E-state index in [2.05, 4.69) is 10.6 Å². The van der Waals surface area contributed by atoms with Crippen LogP contribution in [0, 0.1) is 11.8 Å². The molecule has 8 nitrogen and oxygen atoms in total. The second kappa shape index (κ2) is 14.0. The molecule has 1 aliphatic heterocycles. The van der Waals surface area contributed by atoms with Gasteiger partial charge in [0.25, 0.3) is 0 Å². The van der Waals surface area contributed by atoms with E-state index in [0.717, 1.165) is 18.4 Å². The first-order valence-corrected chi connectivity index (χ1v) is 13.0. The van der Waals surface area contributed by atoms with Crippen molar-refractivity contribution in [3.8, 4) is 0 Å². The number of anilines is 1. The van der Waals surface area contributed by atoms with Crippen LogP contribution in [0.4, 0.5) is 5.69 Å². The first-order valence-electron chi connectivity index (χ1n) is 13.0. The predicted octanol–water partition coefficient (Wildman–Crippen LogP) is 4.95. The third kappa shape index (κ3) is 7.22. The molecule has 1 saturated heterocycles. The number of hydrogen-bond donors (Lipinski definition) is 2. The zero-order valence-corrected chi connectivity index (χ0v) is 22.1. The number of halogens is 1. The average molecular weight is 523 g/mol. The van der Waals surface area contributed by atoms with Gasteiger partial charge < -0.3 is 29.3 Å². The maximum Gasteiger partial charge on any atom is 0.374 e. The molecule has 1 aromatic heterocycles. The molecule has 0 spiro atoms. The fourth-order valence-corrected chi connectivity index (χ4v) is 5.35. The van der Waals surface area contributed by atoms with Gasteiger partial charge in [-0.2, -0.15) is 0 Å². The van der Waals surface area contributed by atoms with Crippen LogP contribution in [0.3, 0.4) is 0 Å². The van der Waals surface area contributed by atoms with E-state index in [1.165, 1.54) is 32.1 Å². The van der Waals surface area contributed by atoms with E-state index in [-0.39, 0.29) is 43.3 Å². The van der Waals surface area contributed by atoms with Crippen molar-refractivity contribution in [2.45, 2.75) is 64.5 Å². The molecule has 1 aromatic carbocycles. The molecule has 0 radical (unpaired) electrons. The lowest BCUT2D eigenvalue weighted by molar-refractivity contribution is -0.119. The molecule has 1 amide bonds. The summed E-state index contributed by atoms with van der Waals surface area (Å²) in [6.45, 7) is 6.22. The van der Waals surface area contributed by atoms with Crippen molar-refractivity contribution < 1.29 is 28.2 Å². The Bertz CT molecular complexity index is 982. The molecule has 2 fully saturated rings. The summed E-state index contributed by atoms with van der Waals surface area (Å²) in [5, 5.41) is 7.21. The van der Waals surface area contributed by atoms with Crippen LogP contribution < -0.4 is 10.6 Å². The number of fused-ring (bicyclic) bond motifs is 1. The van der Waals surface area contributed by atoms with Crippen LogP contribution in [-0.4, -0.2) is 57.0 Å². The number of nitrogens with one attached hydrogen (secondary N) is 2. The largest absolute Gasteiger partial charge is 0.452 e. The highest BCUT2D eigenvalue weighted by molar-refractivity contribution is 5.98. The topological polar surface area (TPSA) is 99.0 Å². The Kier molecular flexibility index (Phi) is 11.0. The lowest BCUT2D eigenvalue weighted by atomic mass is 9.76. The standard InChI is InChI=1S/C27H38N2O6.ClH/c1-3-32-16-21(17-33-4-2)34-27(31)24-15-19-14-20(10-11-23(19)35-24)29-26(30)25-22(12-13-28-25)18-8-6-5-7-9-18;/h10-11,14-15,18,21-22,25,28H,3-9,12-13,16-17H2,1-2H3,(H,29,30);1H/t22-,25-;/m0./s1. The van der Waals surface area contributed by atoms with Crippen LogP contribution in [0.2, 0.25) is 0 Å². The van der Waals surface area contributed by atoms with E-state index in [9.17, 15) is 9.59 Å². The van der Waals surface area contributed by atoms with Gasteiger partial charge in [-0.3, -0.25) is 4.79 Å². The number of hydrogen-bond acceptors (Lipinski definition) is 7. The molecule has 9 heteroatoms. The Labute approximate surface area is 219 Å². The monoisotopic (exact) mass is 522 g/mol. The summed E-state index contributed by atoms with van der Waals surface area (Å²) in [5.41, 5.74) is 1.24. The van der Waals surface area contributed by atoms with Crippen LogP contribution in [0.5, 0.6) is 0 Å². The van der Waals surface area contributed by atoms with Gasteiger partial charge >= 0.3 is 5.97 Å². The Morgan fingerprint density at radius 1 is 1.06 bits per heavy atom. The summed E-state index contributed by atoms with van der Waals surface area (Å²) in [5.74, 6) is 0.581. The number of amides is 1. The second-order valence-corrected chi connectivity index (χ2v) is 9.48. The van der Waals surface area contributed by atoms with E-state index in [1.807, 2.05) is 19.9 Å². The summed E-state index contributed by atoms with van der Waals surface area (Å²) in [7, 11) is 0. The van der Waals surface area contributed by atoms with Crippen molar-refractivity contribution in [1.29, 1.82) is 0 Å². The van der Waals surface area contributed by atoms with Gasteiger partial charge in [-0.15, -0.1) is 12.4 Å². The molecule has 2 N–H and O–H groups in total. The Hall–Kier alpha value is -2.13. The maximum absolute atomic E-state index is 13.1. The number of ether oxygens (including phenoxy) is 3. The van der Waals surface area contributed by atoms with Crippen molar-refractivity contribution in [2.75, 3.05) is 38.3 Å². The summed E-state index contributed by atoms with van der Waals surface area (Å²) in [4.78, 5) is 25.8. The van der Waals surface area contributed by atoms with Gasteiger partial charge in [-0.05, 0) is 62.9 Å². The molecule has 1 aliphatic carbocycles. The van der Waals surface area contributed by atoms with Gasteiger partial charge in [0.2, 0.25) is 11.7 Å². The van der Waals surface area contributed by atoms with Crippen molar-refractivity contribution in [3.63, 3.8) is 0 Å². The van der Waals surface area contributed by atoms with Gasteiger partial charge in [0.1, 0.15) is 11.7 Å². The van der Waals surface area contributed by atoms with Gasteiger partial charge in [0, 0.05) is 24.3 Å². The van der Waals surface area contributed by atoms with Crippen molar-refractivity contribution in [3.05, 3.63) is 30.0 Å². The summed E-state index contributed by atoms with van der Waals surface area (Å²) < 4.78 is 22.0. The van der Waals surface area contributed by atoms with Crippen molar-refractivity contribution >= 4 is 40.9 Å². The summed E-state index contributed by atoms with van der Waals surface area (Å²) >= 11 is 0. The molecule has 200 valence electrons. The first kappa shape index (κ1) is 28.4. The van der Waals surface area contributed by atoms with E-state index in [4.69, 9.17) is 18.6 Å². The van der Waals surface area contributed by atoms with Crippen LogP contribution >= 0.6 is 12.4 Å². The number of carbonyl (C=O) groups is 2. The van der Waals surface area contributed by atoms with Crippen molar-refractivity contribution in [2.24, 2.45) is 11.8 Å². The lowest BCUT2D eigenvalue weighted by Crippen LogP contribution is -2.42. The highest BCUT2D eigenvalue weighted by Gasteiger charge is 2.38. The molecule has 1 saturated carbocycles. The van der Waals surface area contributed by atoms with Crippen LogP contribution in [-0.2, 0) is 19.0 Å². The normalized spacial score (nSPS) is 20.4. The number of rotatable bonds is 11. The molecule has 0 unspecified atom stereocenters. The molecule has 0 bridgehead atoms. The van der Waals surface area contributed by atoms with E-state index < -0.39 is 12.1 Å². The molecule has 2 aliphatic rings. The molecule has 2 atom stereocenters. The Balaban J connectivity index is 0.00000361. The fraction of sp³-hybridized carbons (Fsp3) is 0.630. The predicted molar refractivity (Wildman–Crippen MR) is 141 cm³/mol. The smallest absolute Gasteiger partial charge is 0.374 e. The quantitative estimate of drug-likeness (QED) is 0.403. The number of furan rings is 1. The van der Waals surface area contributed by atoms with Crippen LogP contribution in [0.1, 0.15) is 62.9 Å². The SMILES string of the molecule is CCOCC(COCC)OC(=O)c1cc2cc(NC(=O)[C@H]3NCC[C@H]3C3CCCCC3)ccc2o1.Cl. The summed E-state index contributed by atoms with van der Waals surface area (Å²) in [6.07, 6.45) is 6.86. The molecular weight excluding hydrogens is 484 g/mol. The summed E-state index contributed by atoms with van der Waals surface area (Å²) in [6, 6.07) is 6.88. The number of esters is 1. The van der Waals surface area contributed by atoms with E-state index in [1.54, 1.807) is 18.2 Å². The third-order valence-corrected chi connectivity index (χ3v) is 7.08. The van der Waals surface area contributed by atoms with E-state index in [0.29, 0.717) is 36.3 Å². The molecule has 2 aromatic rings. The minimum absolute atomic E-state index is 0. The van der Waals surface area contributed by atoms with E-state index >= 15 is 0 Å². The van der Waals surface area contributed by atoms with Gasteiger partial charge in [-0.1, -0.05) is 32.1 Å².